The van der Waals surface area contributed by atoms with Gasteiger partial charge in [-0.25, -0.2) is 0 Å². The van der Waals surface area contributed by atoms with E-state index in [2.05, 4.69) is 6.92 Å². The fourth-order valence-electron chi connectivity index (χ4n) is 5.69. The Hall–Kier alpha value is -2.19. The first-order valence-corrected chi connectivity index (χ1v) is 10.7. The normalized spacial score (nSPS) is 38.7. The minimum atomic E-state index is -1.27. The van der Waals surface area contributed by atoms with Crippen LogP contribution in [0.5, 0.6) is 0 Å². The summed E-state index contributed by atoms with van der Waals surface area (Å²) in [5.74, 6) is -2.78. The maximum Gasteiger partial charge on any atom is 0.313 e. The van der Waals surface area contributed by atoms with Gasteiger partial charge in [0.25, 0.3) is 0 Å². The molecule has 4 rings (SSSR count). The molecule has 0 aliphatic carbocycles. The summed E-state index contributed by atoms with van der Waals surface area (Å²) in [6.07, 6.45) is 8.94. The van der Waals surface area contributed by atoms with Crippen molar-refractivity contribution in [3.05, 3.63) is 24.3 Å². The molecule has 4 aliphatic rings. The lowest BCUT2D eigenvalue weighted by molar-refractivity contribution is -0.158. The summed E-state index contributed by atoms with van der Waals surface area (Å²) in [6, 6.07) is -0.926. The van der Waals surface area contributed by atoms with Crippen molar-refractivity contribution in [3.8, 4) is 0 Å². The number of hydrogen-bond donors (Lipinski definition) is 1. The van der Waals surface area contributed by atoms with E-state index in [4.69, 9.17) is 9.47 Å². The number of amides is 2. The van der Waals surface area contributed by atoms with Crippen LogP contribution in [0.4, 0.5) is 0 Å². The number of esters is 1. The Kier molecular flexibility index (Phi) is 5.26. The Bertz CT molecular complexity index is 809. The van der Waals surface area contributed by atoms with Crippen LogP contribution in [0.15, 0.2) is 24.3 Å². The summed E-state index contributed by atoms with van der Waals surface area (Å²) >= 11 is 0. The van der Waals surface area contributed by atoms with E-state index in [9.17, 15) is 19.5 Å². The molecule has 0 aromatic heterocycles. The predicted octanol–water partition coefficient (Wildman–Crippen LogP) is 0.650. The van der Waals surface area contributed by atoms with Gasteiger partial charge in [-0.1, -0.05) is 31.6 Å². The molecule has 0 bridgehead atoms. The molecule has 0 aromatic rings. The van der Waals surface area contributed by atoms with Gasteiger partial charge in [-0.15, -0.1) is 0 Å². The Morgan fingerprint density at radius 2 is 1.97 bits per heavy atom. The van der Waals surface area contributed by atoms with E-state index in [1.54, 1.807) is 30.1 Å². The number of hydrogen-bond acceptors (Lipinski definition) is 6. The number of fused-ring (bicyclic) bond motifs is 2. The van der Waals surface area contributed by atoms with Gasteiger partial charge in [-0.05, 0) is 26.3 Å². The number of nitrogens with zero attached hydrogens (tertiary/aromatic N) is 2. The number of aliphatic hydroxyl groups excluding tert-OH is 1. The van der Waals surface area contributed by atoms with Gasteiger partial charge in [-0.3, -0.25) is 14.4 Å². The highest BCUT2D eigenvalue weighted by Gasteiger charge is 2.74. The molecule has 164 valence electrons. The zero-order valence-electron chi connectivity index (χ0n) is 17.7. The fraction of sp³-hybridized carbons (Fsp3) is 0.682. The quantitative estimate of drug-likeness (QED) is 0.520. The third kappa shape index (κ3) is 2.84. The molecule has 1 spiro atoms. The van der Waals surface area contributed by atoms with Crippen molar-refractivity contribution in [1.29, 1.82) is 0 Å². The lowest BCUT2D eigenvalue weighted by Crippen LogP contribution is -2.57. The highest BCUT2D eigenvalue weighted by molar-refractivity contribution is 5.99. The largest absolute Gasteiger partial charge is 0.461 e. The van der Waals surface area contributed by atoms with Crippen molar-refractivity contribution in [2.24, 2.45) is 11.8 Å². The van der Waals surface area contributed by atoms with Crippen LogP contribution >= 0.6 is 0 Å². The first-order valence-electron chi connectivity index (χ1n) is 10.7. The summed E-state index contributed by atoms with van der Waals surface area (Å²) in [6.45, 7) is 6.11. The van der Waals surface area contributed by atoms with Gasteiger partial charge in [0, 0.05) is 19.1 Å². The smallest absolute Gasteiger partial charge is 0.313 e. The third-order valence-corrected chi connectivity index (χ3v) is 6.92. The van der Waals surface area contributed by atoms with E-state index in [1.165, 1.54) is 4.90 Å². The molecular weight excluding hydrogens is 388 g/mol. The average molecular weight is 418 g/mol. The maximum absolute atomic E-state index is 13.8. The molecule has 0 saturated carbocycles. The molecule has 6 atom stereocenters. The Morgan fingerprint density at radius 3 is 2.67 bits per heavy atom. The van der Waals surface area contributed by atoms with Gasteiger partial charge in [0.15, 0.2) is 0 Å². The molecule has 8 nitrogen and oxygen atoms in total. The van der Waals surface area contributed by atoms with Crippen LogP contribution in [0, 0.1) is 11.8 Å². The summed E-state index contributed by atoms with van der Waals surface area (Å²) in [5.41, 5.74) is -2.32. The summed E-state index contributed by atoms with van der Waals surface area (Å²) < 4.78 is 11.9. The highest BCUT2D eigenvalue weighted by Crippen LogP contribution is 2.57. The van der Waals surface area contributed by atoms with Crippen LogP contribution in [-0.2, 0) is 23.9 Å². The van der Waals surface area contributed by atoms with E-state index in [1.807, 2.05) is 13.0 Å². The first kappa shape index (κ1) is 21.1. The molecule has 2 unspecified atom stereocenters. The Labute approximate surface area is 176 Å². The monoisotopic (exact) mass is 418 g/mol. The van der Waals surface area contributed by atoms with E-state index in [0.29, 0.717) is 6.54 Å². The number of cyclic esters (lactones) is 1. The van der Waals surface area contributed by atoms with Gasteiger partial charge >= 0.3 is 5.97 Å². The van der Waals surface area contributed by atoms with Crippen LogP contribution < -0.4 is 0 Å². The van der Waals surface area contributed by atoms with Gasteiger partial charge in [0.1, 0.15) is 24.2 Å². The maximum atomic E-state index is 13.8. The number of likely N-dealkylation sites (tertiary alicyclic amines) is 1. The number of carbonyl (C=O) groups excluding carboxylic acids is 3. The van der Waals surface area contributed by atoms with Crippen molar-refractivity contribution in [1.82, 2.24) is 9.80 Å². The second kappa shape index (κ2) is 7.50. The Morgan fingerprint density at radius 1 is 1.20 bits per heavy atom. The molecule has 1 N–H and O–H groups in total. The molecule has 4 aliphatic heterocycles. The van der Waals surface area contributed by atoms with Crippen molar-refractivity contribution in [3.63, 3.8) is 0 Å². The lowest BCUT2D eigenvalue weighted by Gasteiger charge is -2.38. The average Bonchev–Trinajstić information content (AvgIpc) is 2.93. The summed E-state index contributed by atoms with van der Waals surface area (Å²) in [4.78, 5) is 43.4. The molecule has 0 radical (unpaired) electrons. The van der Waals surface area contributed by atoms with Crippen molar-refractivity contribution in [2.75, 3.05) is 26.3 Å². The number of β-amino-alcohol motifs (C(OH)–C–C–N with tert-alkyl or cyclic N) is 1. The highest BCUT2D eigenvalue weighted by atomic mass is 16.6. The minimum Gasteiger partial charge on any atom is -0.461 e. The van der Waals surface area contributed by atoms with Gasteiger partial charge in [0.2, 0.25) is 11.8 Å². The van der Waals surface area contributed by atoms with Crippen LogP contribution in [0.1, 0.15) is 33.6 Å². The number of aliphatic hydroxyl groups is 1. The standard InChI is InChI=1S/C22H30N2O6/c1-4-7-14(2)23-10-5-9-22-15(18(26)24(11-12-25)17(22)19(23)27)16-20(28)29-13-6-8-21(16,3)30-22/h5-6,8-9,14-17,25H,4,7,10-13H2,1-3H3/t14?,15-,16-,17?,21+,22-/m0/s1. The fourth-order valence-corrected chi connectivity index (χ4v) is 5.69. The summed E-state index contributed by atoms with van der Waals surface area (Å²) in [7, 11) is 0. The van der Waals surface area contributed by atoms with Crippen LogP contribution in [0.3, 0.4) is 0 Å². The van der Waals surface area contributed by atoms with Crippen LogP contribution in [-0.4, -0.2) is 82.3 Å². The lowest BCUT2D eigenvalue weighted by atomic mass is 9.74. The zero-order chi connectivity index (χ0) is 21.7. The SMILES string of the molecule is CCCC(C)N1CC=C[C@]23O[C@]4(C)C=CCOC(=O)[C@@H]4[C@H]2C(=O)N(CCO)C3C1=O. The van der Waals surface area contributed by atoms with E-state index < -0.39 is 35.0 Å². The van der Waals surface area contributed by atoms with Crippen molar-refractivity contribution >= 4 is 17.8 Å². The van der Waals surface area contributed by atoms with Crippen molar-refractivity contribution in [2.45, 2.75) is 56.9 Å². The minimum absolute atomic E-state index is 0.000225. The van der Waals surface area contributed by atoms with E-state index >= 15 is 0 Å². The van der Waals surface area contributed by atoms with E-state index in [-0.39, 0.29) is 37.6 Å². The second-order valence-electron chi connectivity index (χ2n) is 8.82. The number of ether oxygens (including phenoxy) is 2. The number of carbonyl (C=O) groups is 3. The summed E-state index contributed by atoms with van der Waals surface area (Å²) in [5, 5.41) is 9.61. The Balaban J connectivity index is 1.84. The molecule has 4 heterocycles. The third-order valence-electron chi connectivity index (χ3n) is 6.92. The molecule has 0 aromatic carbocycles. The molecule has 30 heavy (non-hydrogen) atoms. The predicted molar refractivity (Wildman–Crippen MR) is 107 cm³/mol. The van der Waals surface area contributed by atoms with Crippen molar-refractivity contribution < 1.29 is 29.0 Å². The molecule has 2 fully saturated rings. The first-order chi connectivity index (χ1) is 14.3. The molecule has 2 saturated heterocycles. The second-order valence-corrected chi connectivity index (χ2v) is 8.82. The van der Waals surface area contributed by atoms with Gasteiger partial charge in [-0.2, -0.15) is 0 Å². The zero-order valence-corrected chi connectivity index (χ0v) is 17.7. The van der Waals surface area contributed by atoms with Gasteiger partial charge < -0.3 is 24.4 Å². The van der Waals surface area contributed by atoms with Crippen LogP contribution in [0.2, 0.25) is 0 Å². The van der Waals surface area contributed by atoms with Gasteiger partial charge in [0.05, 0.1) is 18.1 Å². The van der Waals surface area contributed by atoms with E-state index in [0.717, 1.165) is 12.8 Å². The topological polar surface area (TPSA) is 96.4 Å². The van der Waals surface area contributed by atoms with Crippen LogP contribution in [0.25, 0.3) is 0 Å². The number of rotatable bonds is 5. The molecule has 8 heteroatoms. The molecular formula is C22H30N2O6. The molecule has 2 amide bonds.